The van der Waals surface area contributed by atoms with Crippen LogP contribution in [0.5, 0.6) is 0 Å². The number of nitrogens with one attached hydrogen (secondary N) is 1. The molecule has 0 saturated heterocycles. The van der Waals surface area contributed by atoms with E-state index in [0.29, 0.717) is 12.8 Å². The summed E-state index contributed by atoms with van der Waals surface area (Å²) in [4.78, 5) is 14.2. The molecule has 8 heteroatoms. The second-order valence-electron chi connectivity index (χ2n) is 3.73. The second-order valence-corrected chi connectivity index (χ2v) is 5.47. The Kier molecular flexibility index (Phi) is 5.05. The third kappa shape index (κ3) is 4.30. The van der Waals surface area contributed by atoms with Crippen LogP contribution in [-0.2, 0) is 14.8 Å². The minimum absolute atomic E-state index is 0.0418. The molecule has 1 amide bonds. The van der Waals surface area contributed by atoms with Crippen molar-refractivity contribution in [1.82, 2.24) is 9.71 Å². The van der Waals surface area contributed by atoms with Crippen molar-refractivity contribution >= 4 is 21.6 Å². The fourth-order valence-corrected chi connectivity index (χ4v) is 2.47. The molecule has 1 heterocycles. The summed E-state index contributed by atoms with van der Waals surface area (Å²) in [5.74, 6) is -0.394. The monoisotopic (exact) mass is 272 g/mol. The summed E-state index contributed by atoms with van der Waals surface area (Å²) in [6.45, 7) is 0.226. The maximum atomic E-state index is 11.8. The van der Waals surface area contributed by atoms with Crippen LogP contribution in [-0.4, -0.2) is 25.9 Å². The van der Waals surface area contributed by atoms with Gasteiger partial charge in [0.05, 0.1) is 5.69 Å². The summed E-state index contributed by atoms with van der Waals surface area (Å²) < 4.78 is 26.0. The summed E-state index contributed by atoms with van der Waals surface area (Å²) in [6.07, 6.45) is 3.93. The molecule has 0 fully saturated rings. The number of aromatic nitrogens is 1. The number of nitrogens with two attached hydrogens (primary N) is 2. The summed E-state index contributed by atoms with van der Waals surface area (Å²) in [5.41, 5.74) is 10.7. The number of nitrogen functional groups attached to an aromatic ring is 1. The lowest BCUT2D eigenvalue weighted by molar-refractivity contribution is -0.118. The fraction of sp³-hybridized carbons (Fsp3) is 0.400. The van der Waals surface area contributed by atoms with Crippen LogP contribution in [0.15, 0.2) is 23.4 Å². The minimum Gasteiger partial charge on any atom is -0.398 e. The van der Waals surface area contributed by atoms with Crippen LogP contribution in [0.3, 0.4) is 0 Å². The first-order valence-corrected chi connectivity index (χ1v) is 6.89. The Hall–Kier alpha value is -1.67. The van der Waals surface area contributed by atoms with E-state index in [1.54, 1.807) is 0 Å². The van der Waals surface area contributed by atoms with Gasteiger partial charge in [0.25, 0.3) is 0 Å². The first kappa shape index (κ1) is 14.4. The van der Waals surface area contributed by atoms with Gasteiger partial charge in [-0.2, -0.15) is 0 Å². The van der Waals surface area contributed by atoms with Crippen LogP contribution in [0, 0.1) is 0 Å². The average molecular weight is 272 g/mol. The third-order valence-corrected chi connectivity index (χ3v) is 3.75. The van der Waals surface area contributed by atoms with Gasteiger partial charge in [-0.25, -0.2) is 13.1 Å². The number of primary amides is 1. The number of anilines is 1. The Balaban J connectivity index is 2.51. The Morgan fingerprint density at radius 1 is 1.39 bits per heavy atom. The van der Waals surface area contributed by atoms with Crippen LogP contribution in [0.4, 0.5) is 5.69 Å². The minimum atomic E-state index is -3.65. The quantitative estimate of drug-likeness (QED) is 0.582. The molecule has 100 valence electrons. The molecule has 7 nitrogen and oxygen atoms in total. The Labute approximate surface area is 106 Å². The molecule has 0 unspecified atom stereocenters. The van der Waals surface area contributed by atoms with Crippen molar-refractivity contribution in [2.24, 2.45) is 5.73 Å². The molecule has 0 aliphatic carbocycles. The van der Waals surface area contributed by atoms with E-state index in [0.717, 1.165) is 0 Å². The zero-order valence-electron chi connectivity index (χ0n) is 9.80. The molecule has 1 rings (SSSR count). The number of nitrogens with zero attached hydrogens (tertiary/aromatic N) is 1. The molecule has 0 aliphatic heterocycles. The average Bonchev–Trinajstić information content (AvgIpc) is 2.28. The highest BCUT2D eigenvalue weighted by Gasteiger charge is 2.16. The van der Waals surface area contributed by atoms with Crippen LogP contribution >= 0.6 is 0 Å². The molecule has 0 spiro atoms. The van der Waals surface area contributed by atoms with E-state index in [4.69, 9.17) is 11.5 Å². The zero-order chi connectivity index (χ0) is 13.6. The molecule has 0 aromatic carbocycles. The molecule has 0 bridgehead atoms. The molecule has 0 atom stereocenters. The maximum Gasteiger partial charge on any atom is 0.244 e. The first-order valence-electron chi connectivity index (χ1n) is 5.41. The van der Waals surface area contributed by atoms with Crippen LogP contribution in [0.25, 0.3) is 0 Å². The van der Waals surface area contributed by atoms with Gasteiger partial charge >= 0.3 is 0 Å². The number of amides is 1. The number of rotatable bonds is 7. The highest BCUT2D eigenvalue weighted by atomic mass is 32.2. The SMILES string of the molecule is NC(=O)CCCCNS(=O)(=O)c1cnccc1N. The normalized spacial score (nSPS) is 11.3. The molecule has 1 aromatic rings. The van der Waals surface area contributed by atoms with Crippen LogP contribution < -0.4 is 16.2 Å². The van der Waals surface area contributed by atoms with Crippen molar-refractivity contribution in [3.8, 4) is 0 Å². The predicted octanol–water partition coefficient (Wildman–Crippen LogP) is -0.402. The Morgan fingerprint density at radius 3 is 2.72 bits per heavy atom. The second kappa shape index (κ2) is 6.31. The molecule has 18 heavy (non-hydrogen) atoms. The Bertz CT molecular complexity index is 516. The first-order chi connectivity index (χ1) is 8.43. The van der Waals surface area contributed by atoms with Gasteiger partial charge in [-0.05, 0) is 18.9 Å². The van der Waals surface area contributed by atoms with Crippen molar-refractivity contribution in [3.05, 3.63) is 18.5 Å². The standard InChI is InChI=1S/C10H16N4O3S/c11-8-4-6-13-7-9(8)18(16,17)14-5-2-1-3-10(12)15/h4,6-7,14H,1-3,5H2,(H2,11,13)(H2,12,15). The van der Waals surface area contributed by atoms with Crippen molar-refractivity contribution in [2.75, 3.05) is 12.3 Å². The molecular weight excluding hydrogens is 256 g/mol. The van der Waals surface area contributed by atoms with Gasteiger partial charge in [0.1, 0.15) is 4.90 Å². The van der Waals surface area contributed by atoms with Gasteiger partial charge in [0.15, 0.2) is 0 Å². The predicted molar refractivity (Wildman–Crippen MR) is 66.9 cm³/mol. The number of unbranched alkanes of at least 4 members (excludes halogenated alkanes) is 1. The molecule has 5 N–H and O–H groups in total. The number of hydrogen-bond donors (Lipinski definition) is 3. The molecular formula is C10H16N4O3S. The zero-order valence-corrected chi connectivity index (χ0v) is 10.6. The molecule has 0 radical (unpaired) electrons. The van der Waals surface area contributed by atoms with E-state index in [1.807, 2.05) is 0 Å². The highest BCUT2D eigenvalue weighted by Crippen LogP contribution is 2.15. The number of sulfonamides is 1. The number of pyridine rings is 1. The molecule has 1 aromatic heterocycles. The van der Waals surface area contributed by atoms with E-state index in [2.05, 4.69) is 9.71 Å². The lowest BCUT2D eigenvalue weighted by Gasteiger charge is -2.07. The van der Waals surface area contributed by atoms with Crippen molar-refractivity contribution < 1.29 is 13.2 Å². The van der Waals surface area contributed by atoms with Crippen molar-refractivity contribution in [2.45, 2.75) is 24.2 Å². The number of hydrogen-bond acceptors (Lipinski definition) is 5. The van der Waals surface area contributed by atoms with Gasteiger partial charge in [0, 0.05) is 25.4 Å². The van der Waals surface area contributed by atoms with Crippen molar-refractivity contribution in [1.29, 1.82) is 0 Å². The smallest absolute Gasteiger partial charge is 0.244 e. The summed E-state index contributed by atoms with van der Waals surface area (Å²) >= 11 is 0. The Morgan fingerprint density at radius 2 is 2.11 bits per heavy atom. The molecule has 0 aliphatic rings. The van der Waals surface area contributed by atoms with Gasteiger partial charge in [0.2, 0.25) is 15.9 Å². The third-order valence-electron chi connectivity index (χ3n) is 2.25. The largest absolute Gasteiger partial charge is 0.398 e. The fourth-order valence-electron chi connectivity index (χ4n) is 1.32. The van der Waals surface area contributed by atoms with E-state index in [-0.39, 0.29) is 23.5 Å². The van der Waals surface area contributed by atoms with Gasteiger partial charge in [-0.1, -0.05) is 0 Å². The van der Waals surface area contributed by atoms with Crippen molar-refractivity contribution in [3.63, 3.8) is 0 Å². The van der Waals surface area contributed by atoms with Gasteiger partial charge in [-0.15, -0.1) is 0 Å². The van der Waals surface area contributed by atoms with E-state index < -0.39 is 15.9 Å². The highest BCUT2D eigenvalue weighted by molar-refractivity contribution is 7.89. The summed E-state index contributed by atoms with van der Waals surface area (Å²) in [7, 11) is -3.65. The summed E-state index contributed by atoms with van der Waals surface area (Å²) in [5, 5.41) is 0. The number of carbonyl (C=O) groups excluding carboxylic acids is 1. The van der Waals surface area contributed by atoms with E-state index in [9.17, 15) is 13.2 Å². The lowest BCUT2D eigenvalue weighted by atomic mass is 10.2. The summed E-state index contributed by atoms with van der Waals surface area (Å²) in [6, 6.07) is 1.42. The maximum absolute atomic E-state index is 11.8. The number of carbonyl (C=O) groups is 1. The van der Waals surface area contributed by atoms with E-state index in [1.165, 1.54) is 18.5 Å². The van der Waals surface area contributed by atoms with E-state index >= 15 is 0 Å². The van der Waals surface area contributed by atoms with Crippen LogP contribution in [0.2, 0.25) is 0 Å². The van der Waals surface area contributed by atoms with Gasteiger partial charge in [-0.3, -0.25) is 9.78 Å². The van der Waals surface area contributed by atoms with Crippen LogP contribution in [0.1, 0.15) is 19.3 Å². The lowest BCUT2D eigenvalue weighted by Crippen LogP contribution is -2.26. The van der Waals surface area contributed by atoms with Gasteiger partial charge < -0.3 is 11.5 Å². The topological polar surface area (TPSA) is 128 Å². The molecule has 0 saturated carbocycles.